The quantitative estimate of drug-likeness (QED) is 0.549. The number of hydrogen-bond acceptors (Lipinski definition) is 0. The van der Waals surface area contributed by atoms with Gasteiger partial charge in [-0.1, -0.05) is 0 Å². The summed E-state index contributed by atoms with van der Waals surface area (Å²) in [7, 11) is 0. The SMILES string of the molecule is CCC([O])[As](C)C. The first kappa shape index (κ1) is 7.52. The van der Waals surface area contributed by atoms with Crippen LogP contribution in [0.3, 0.4) is 0 Å². The summed E-state index contributed by atoms with van der Waals surface area (Å²) in [5.74, 6) is 0. The van der Waals surface area contributed by atoms with Gasteiger partial charge in [0.1, 0.15) is 0 Å². The molecule has 0 aromatic rings. The Morgan fingerprint density at radius 1 is 1.57 bits per heavy atom. The molecule has 1 atom stereocenters. The van der Waals surface area contributed by atoms with Gasteiger partial charge in [0.2, 0.25) is 0 Å². The molecule has 0 aliphatic rings. The Morgan fingerprint density at radius 2 is 2.00 bits per heavy atom. The standard InChI is InChI=1S/C5H12AsO/c1-4-5(7)6(2)3/h5H,4H2,1-3H3. The normalized spacial score (nSPS) is 15.0. The third-order valence-corrected chi connectivity index (χ3v) is 4.11. The Kier molecular flexibility index (Phi) is 3.77. The van der Waals surface area contributed by atoms with Gasteiger partial charge in [0.15, 0.2) is 0 Å². The molecule has 0 saturated heterocycles. The summed E-state index contributed by atoms with van der Waals surface area (Å²) in [5, 5.41) is 10.7. The molecule has 0 heterocycles. The van der Waals surface area contributed by atoms with Crippen LogP contribution in [0.2, 0.25) is 11.4 Å². The van der Waals surface area contributed by atoms with Crippen molar-refractivity contribution in [3.05, 3.63) is 0 Å². The summed E-state index contributed by atoms with van der Waals surface area (Å²) in [6.07, 6.45) is 0.826. The van der Waals surface area contributed by atoms with E-state index in [-0.39, 0.29) is 4.89 Å². The fourth-order valence-corrected chi connectivity index (χ4v) is 1.90. The molecular weight excluding hydrogens is 151 g/mol. The van der Waals surface area contributed by atoms with E-state index in [0.29, 0.717) is 0 Å². The van der Waals surface area contributed by atoms with E-state index in [1.54, 1.807) is 0 Å². The molecule has 0 aromatic heterocycles. The Balaban J connectivity index is 3.14. The topological polar surface area (TPSA) is 19.9 Å². The summed E-state index contributed by atoms with van der Waals surface area (Å²) in [6, 6.07) is 0. The molecule has 0 bridgehead atoms. The summed E-state index contributed by atoms with van der Waals surface area (Å²) in [6.45, 7) is 1.96. The van der Waals surface area contributed by atoms with Crippen molar-refractivity contribution >= 4 is 14.7 Å². The maximum absolute atomic E-state index is 10.7. The van der Waals surface area contributed by atoms with E-state index >= 15 is 0 Å². The van der Waals surface area contributed by atoms with Crippen LogP contribution in [-0.2, 0) is 5.11 Å². The monoisotopic (exact) mass is 163 g/mol. The molecule has 1 unspecified atom stereocenters. The van der Waals surface area contributed by atoms with Gasteiger partial charge in [0, 0.05) is 0 Å². The van der Waals surface area contributed by atoms with Crippen molar-refractivity contribution in [3.63, 3.8) is 0 Å². The molecule has 0 rings (SSSR count). The van der Waals surface area contributed by atoms with Crippen LogP contribution in [0.1, 0.15) is 13.3 Å². The zero-order valence-corrected chi connectivity index (χ0v) is 7.02. The van der Waals surface area contributed by atoms with Crippen LogP contribution >= 0.6 is 0 Å². The van der Waals surface area contributed by atoms with Crippen molar-refractivity contribution in [1.82, 2.24) is 0 Å². The van der Waals surface area contributed by atoms with Gasteiger partial charge < -0.3 is 0 Å². The third kappa shape index (κ3) is 3.13. The molecule has 0 N–H and O–H groups in total. The molecule has 7 heavy (non-hydrogen) atoms. The van der Waals surface area contributed by atoms with Crippen molar-refractivity contribution in [1.29, 1.82) is 0 Å². The molecule has 0 spiro atoms. The molecule has 0 amide bonds. The minimum atomic E-state index is -0.877. The van der Waals surface area contributed by atoms with E-state index in [1.165, 1.54) is 0 Å². The van der Waals surface area contributed by atoms with Gasteiger partial charge in [-0.3, -0.25) is 0 Å². The summed E-state index contributed by atoms with van der Waals surface area (Å²) in [4.78, 5) is -0.201. The second kappa shape index (κ2) is 3.51. The molecule has 0 aliphatic carbocycles. The molecular formula is C5H12AsO. The molecule has 0 aliphatic heterocycles. The predicted molar refractivity (Wildman–Crippen MR) is 32.2 cm³/mol. The van der Waals surface area contributed by atoms with Gasteiger partial charge in [-0.05, 0) is 0 Å². The van der Waals surface area contributed by atoms with Crippen LogP contribution in [-0.4, -0.2) is 19.5 Å². The van der Waals surface area contributed by atoms with E-state index < -0.39 is 14.7 Å². The van der Waals surface area contributed by atoms with Gasteiger partial charge in [0.25, 0.3) is 0 Å². The Morgan fingerprint density at radius 3 is 2.00 bits per heavy atom. The van der Waals surface area contributed by atoms with Gasteiger partial charge in [-0.25, -0.2) is 0 Å². The Hall–Kier alpha value is 0.518. The molecule has 1 nitrogen and oxygen atoms in total. The summed E-state index contributed by atoms with van der Waals surface area (Å²) in [5.41, 5.74) is 4.21. The van der Waals surface area contributed by atoms with Crippen molar-refractivity contribution in [2.75, 3.05) is 0 Å². The second-order valence-corrected chi connectivity index (χ2v) is 7.08. The average Bonchev–Trinajstić information content (AvgIpc) is 1.65. The van der Waals surface area contributed by atoms with E-state index in [2.05, 4.69) is 11.4 Å². The first-order valence-corrected chi connectivity index (χ1v) is 7.34. The van der Waals surface area contributed by atoms with Crippen LogP contribution < -0.4 is 0 Å². The van der Waals surface area contributed by atoms with Gasteiger partial charge >= 0.3 is 49.4 Å². The van der Waals surface area contributed by atoms with Crippen molar-refractivity contribution in [3.8, 4) is 0 Å². The van der Waals surface area contributed by atoms with Gasteiger partial charge in [-0.15, -0.1) is 0 Å². The van der Waals surface area contributed by atoms with E-state index in [9.17, 15) is 5.11 Å². The fourth-order valence-electron chi connectivity index (χ4n) is 0.365. The van der Waals surface area contributed by atoms with Crippen molar-refractivity contribution in [2.45, 2.75) is 29.7 Å². The predicted octanol–water partition coefficient (Wildman–Crippen LogP) is 1.49. The molecule has 0 fully saturated rings. The molecule has 0 saturated carbocycles. The van der Waals surface area contributed by atoms with E-state index in [0.717, 1.165) is 6.42 Å². The molecule has 0 aromatic carbocycles. The molecule has 2 heteroatoms. The van der Waals surface area contributed by atoms with Crippen LogP contribution in [0.15, 0.2) is 0 Å². The second-order valence-electron chi connectivity index (χ2n) is 1.83. The van der Waals surface area contributed by atoms with E-state index in [4.69, 9.17) is 0 Å². The minimum absolute atomic E-state index is 0.201. The van der Waals surface area contributed by atoms with Crippen molar-refractivity contribution in [2.24, 2.45) is 0 Å². The average molecular weight is 163 g/mol. The van der Waals surface area contributed by atoms with Crippen LogP contribution in [0.4, 0.5) is 0 Å². The Bertz CT molecular complexity index is 45.3. The zero-order chi connectivity index (χ0) is 5.86. The molecule has 1 radical (unpaired) electrons. The third-order valence-electron chi connectivity index (χ3n) is 0.925. The molecule has 43 valence electrons. The van der Waals surface area contributed by atoms with Crippen molar-refractivity contribution < 1.29 is 5.11 Å². The van der Waals surface area contributed by atoms with Crippen LogP contribution in [0.25, 0.3) is 0 Å². The zero-order valence-electron chi connectivity index (χ0n) is 5.14. The van der Waals surface area contributed by atoms with Crippen LogP contribution in [0.5, 0.6) is 0 Å². The number of hydrogen-bond donors (Lipinski definition) is 0. The first-order chi connectivity index (χ1) is 3.18. The summed E-state index contributed by atoms with van der Waals surface area (Å²) < 4.78 is 0. The summed E-state index contributed by atoms with van der Waals surface area (Å²) >= 11 is -0.877. The fraction of sp³-hybridized carbons (Fsp3) is 1.00. The van der Waals surface area contributed by atoms with E-state index in [1.807, 2.05) is 6.92 Å². The van der Waals surface area contributed by atoms with Gasteiger partial charge in [-0.2, -0.15) is 0 Å². The first-order valence-electron chi connectivity index (χ1n) is 2.50. The van der Waals surface area contributed by atoms with Gasteiger partial charge in [0.05, 0.1) is 0 Å². The number of rotatable bonds is 2. The van der Waals surface area contributed by atoms with Crippen LogP contribution in [0, 0.1) is 0 Å². The Labute approximate surface area is 50.0 Å². The maximum atomic E-state index is 10.7.